The molecule has 60 heavy (non-hydrogen) atoms. The van der Waals surface area contributed by atoms with Crippen molar-refractivity contribution in [3.8, 4) is 90.3 Å². The minimum absolute atomic E-state index is 0.153. The van der Waals surface area contributed by atoms with Crippen LogP contribution >= 0.6 is 0 Å². The smallest absolute Gasteiger partial charge is 0.178 e. The summed E-state index contributed by atoms with van der Waals surface area (Å²) in [5.74, 6) is 3.51. The van der Waals surface area contributed by atoms with Gasteiger partial charge in [0.15, 0.2) is 28.8 Å². The third kappa shape index (κ3) is 5.33. The Morgan fingerprint density at radius 1 is 0.417 bits per heavy atom. The molecule has 2 aliphatic rings. The Bertz CT molecular complexity index is 3350. The molecule has 0 spiro atoms. The monoisotopic (exact) mass is 772 g/mol. The van der Waals surface area contributed by atoms with Crippen LogP contribution in [0.15, 0.2) is 186 Å². The maximum Gasteiger partial charge on any atom is 0.178 e. The predicted molar refractivity (Wildman–Crippen MR) is 241 cm³/mol. The Hall–Kier alpha value is -7.76. The number of rotatable bonds is 5. The first-order valence-electron chi connectivity index (χ1n) is 20.3. The molecular formula is C55H36N2O3. The zero-order valence-electron chi connectivity index (χ0n) is 32.9. The first-order chi connectivity index (χ1) is 29.5. The highest BCUT2D eigenvalue weighted by Gasteiger charge is 2.39. The summed E-state index contributed by atoms with van der Waals surface area (Å²) < 4.78 is 20.0. The van der Waals surface area contributed by atoms with Gasteiger partial charge >= 0.3 is 0 Å². The van der Waals surface area contributed by atoms with Crippen LogP contribution in [0.3, 0.4) is 0 Å². The molecule has 0 N–H and O–H groups in total. The van der Waals surface area contributed by atoms with E-state index in [0.29, 0.717) is 17.3 Å². The number of furan rings is 1. The van der Waals surface area contributed by atoms with E-state index in [4.69, 9.17) is 23.9 Å². The summed E-state index contributed by atoms with van der Waals surface area (Å²) in [4.78, 5) is 10.3. The molecule has 284 valence electrons. The van der Waals surface area contributed by atoms with Gasteiger partial charge in [0.05, 0.1) is 11.4 Å². The fourth-order valence-corrected chi connectivity index (χ4v) is 9.17. The lowest BCUT2D eigenvalue weighted by Crippen LogP contribution is -2.15. The van der Waals surface area contributed by atoms with Crippen LogP contribution in [-0.4, -0.2) is 9.97 Å². The van der Waals surface area contributed by atoms with E-state index >= 15 is 0 Å². The summed E-state index contributed by atoms with van der Waals surface area (Å²) in [6.07, 6.45) is 0. The van der Waals surface area contributed by atoms with E-state index in [1.54, 1.807) is 0 Å². The molecule has 5 heteroatoms. The molecule has 10 aromatic rings. The van der Waals surface area contributed by atoms with Crippen LogP contribution in [-0.2, 0) is 5.41 Å². The fourth-order valence-electron chi connectivity index (χ4n) is 9.17. The van der Waals surface area contributed by atoms with Crippen molar-refractivity contribution in [3.63, 3.8) is 0 Å². The summed E-state index contributed by atoms with van der Waals surface area (Å²) in [5, 5.41) is 2.22. The molecule has 1 aliphatic carbocycles. The van der Waals surface area contributed by atoms with Crippen molar-refractivity contribution in [3.05, 3.63) is 193 Å². The second-order valence-corrected chi connectivity index (χ2v) is 16.1. The number of aromatic nitrogens is 2. The number of hydrogen-bond acceptors (Lipinski definition) is 5. The zero-order chi connectivity index (χ0) is 40.0. The summed E-state index contributed by atoms with van der Waals surface area (Å²) >= 11 is 0. The van der Waals surface area contributed by atoms with E-state index in [1.807, 2.05) is 54.6 Å². The average Bonchev–Trinajstić information content (AvgIpc) is 3.80. The quantitative estimate of drug-likeness (QED) is 0.174. The first-order valence-corrected chi connectivity index (χ1v) is 20.3. The van der Waals surface area contributed by atoms with Crippen LogP contribution in [0.4, 0.5) is 0 Å². The van der Waals surface area contributed by atoms with Crippen molar-refractivity contribution in [1.29, 1.82) is 0 Å². The van der Waals surface area contributed by atoms with Crippen molar-refractivity contribution in [2.24, 2.45) is 0 Å². The second kappa shape index (κ2) is 13.1. The minimum Gasteiger partial charge on any atom is -0.455 e. The summed E-state index contributed by atoms with van der Waals surface area (Å²) in [6.45, 7) is 4.55. The standard InChI is InChI=1S/C55H36N2O3/c1-55(2)43-22-8-6-18-42(43)50-44(55)29-30-49-53(50)60-52-39(20-12-24-48(52)58-49)36-15-10-16-37(31-36)46-32-45(34-13-4-3-5-14-34)56-54(57-46)35-27-25-33(26-28-35)38-19-11-21-41-40-17-7-9-23-47(40)59-51(38)41/h3-32H,1-2H3. The molecule has 0 atom stereocenters. The van der Waals surface area contributed by atoms with Crippen LogP contribution in [0.5, 0.6) is 23.0 Å². The summed E-state index contributed by atoms with van der Waals surface area (Å²) in [6, 6.07) is 62.8. The molecule has 0 radical (unpaired) electrons. The van der Waals surface area contributed by atoms with Crippen LogP contribution in [0.2, 0.25) is 0 Å². The maximum absolute atomic E-state index is 6.98. The molecule has 0 saturated heterocycles. The van der Waals surface area contributed by atoms with E-state index in [1.165, 1.54) is 16.7 Å². The molecule has 0 fully saturated rings. The highest BCUT2D eigenvalue weighted by atomic mass is 16.6. The van der Waals surface area contributed by atoms with Gasteiger partial charge in [-0.25, -0.2) is 9.97 Å². The van der Waals surface area contributed by atoms with Gasteiger partial charge < -0.3 is 13.9 Å². The topological polar surface area (TPSA) is 57.4 Å². The predicted octanol–water partition coefficient (Wildman–Crippen LogP) is 14.9. The summed E-state index contributed by atoms with van der Waals surface area (Å²) in [5.41, 5.74) is 15.1. The van der Waals surface area contributed by atoms with Gasteiger partial charge in [0.2, 0.25) is 0 Å². The molecule has 8 aromatic carbocycles. The lowest BCUT2D eigenvalue weighted by Gasteiger charge is -2.26. The Labute approximate surface area is 347 Å². The maximum atomic E-state index is 6.98. The fraction of sp³-hybridized carbons (Fsp3) is 0.0545. The van der Waals surface area contributed by atoms with E-state index in [2.05, 4.69) is 141 Å². The molecule has 1 aliphatic heterocycles. The third-order valence-electron chi connectivity index (χ3n) is 12.2. The van der Waals surface area contributed by atoms with Gasteiger partial charge in [0.1, 0.15) is 11.2 Å². The normalized spacial score (nSPS) is 13.2. The van der Waals surface area contributed by atoms with Crippen LogP contribution < -0.4 is 9.47 Å². The summed E-state index contributed by atoms with van der Waals surface area (Å²) in [7, 11) is 0. The van der Waals surface area contributed by atoms with Gasteiger partial charge in [-0.2, -0.15) is 0 Å². The van der Waals surface area contributed by atoms with Crippen molar-refractivity contribution < 1.29 is 13.9 Å². The van der Waals surface area contributed by atoms with Gasteiger partial charge in [0, 0.05) is 49.6 Å². The first kappa shape index (κ1) is 34.3. The number of nitrogens with zero attached hydrogens (tertiary/aromatic N) is 2. The van der Waals surface area contributed by atoms with E-state index in [0.717, 1.165) is 89.3 Å². The number of hydrogen-bond donors (Lipinski definition) is 0. The van der Waals surface area contributed by atoms with Gasteiger partial charge in [-0.05, 0) is 58.1 Å². The second-order valence-electron chi connectivity index (χ2n) is 16.1. The van der Waals surface area contributed by atoms with E-state index in [-0.39, 0.29) is 5.41 Å². The average molecular weight is 773 g/mol. The highest BCUT2D eigenvalue weighted by molar-refractivity contribution is 6.09. The van der Waals surface area contributed by atoms with Crippen LogP contribution in [0, 0.1) is 0 Å². The van der Waals surface area contributed by atoms with Gasteiger partial charge in [-0.3, -0.25) is 0 Å². The van der Waals surface area contributed by atoms with Crippen molar-refractivity contribution in [2.45, 2.75) is 19.3 Å². The zero-order valence-corrected chi connectivity index (χ0v) is 32.9. The van der Waals surface area contributed by atoms with Gasteiger partial charge in [-0.1, -0.05) is 166 Å². The van der Waals surface area contributed by atoms with Crippen LogP contribution in [0.25, 0.3) is 89.2 Å². The highest BCUT2D eigenvalue weighted by Crippen LogP contribution is 2.59. The van der Waals surface area contributed by atoms with Crippen molar-refractivity contribution in [1.82, 2.24) is 9.97 Å². The molecule has 0 saturated carbocycles. The lowest BCUT2D eigenvalue weighted by molar-refractivity contribution is 0.361. The van der Waals surface area contributed by atoms with E-state index in [9.17, 15) is 0 Å². The van der Waals surface area contributed by atoms with Crippen molar-refractivity contribution in [2.75, 3.05) is 0 Å². The molecule has 0 bridgehead atoms. The number of ether oxygens (including phenoxy) is 2. The Morgan fingerprint density at radius 2 is 1.07 bits per heavy atom. The molecule has 0 amide bonds. The lowest BCUT2D eigenvalue weighted by atomic mass is 9.82. The molecule has 2 aromatic heterocycles. The van der Waals surface area contributed by atoms with Gasteiger partial charge in [0.25, 0.3) is 0 Å². The molecule has 3 heterocycles. The Morgan fingerprint density at radius 3 is 1.95 bits per heavy atom. The van der Waals surface area contributed by atoms with Crippen molar-refractivity contribution >= 4 is 21.9 Å². The van der Waals surface area contributed by atoms with E-state index < -0.39 is 0 Å². The molecule has 12 rings (SSSR count). The largest absolute Gasteiger partial charge is 0.455 e. The number of benzene rings is 8. The third-order valence-corrected chi connectivity index (χ3v) is 12.2. The Balaban J connectivity index is 0.935. The Kier molecular flexibility index (Phi) is 7.51. The molecule has 5 nitrogen and oxygen atoms in total. The van der Waals surface area contributed by atoms with Gasteiger partial charge in [-0.15, -0.1) is 0 Å². The van der Waals surface area contributed by atoms with Crippen LogP contribution in [0.1, 0.15) is 25.0 Å². The SMILES string of the molecule is CC1(C)c2ccccc2-c2c1ccc1c2Oc2c(cccc2-c2cccc(-c3cc(-c4ccccc4)nc(-c4ccc(-c5cccc6c5oc5ccccc56)cc4)n3)c2)O1. The molecule has 0 unspecified atom stereocenters. The number of fused-ring (bicyclic) bond motifs is 9. The minimum atomic E-state index is -0.153. The number of para-hydroxylation sites is 3. The molecular weight excluding hydrogens is 737 g/mol.